The van der Waals surface area contributed by atoms with Crippen molar-refractivity contribution >= 4 is 57.3 Å². The van der Waals surface area contributed by atoms with Gasteiger partial charge in [-0.05, 0) is 60.0 Å². The maximum absolute atomic E-state index is 13.5. The Hall–Kier alpha value is -4.51. The van der Waals surface area contributed by atoms with Gasteiger partial charge >= 0.3 is 5.91 Å². The molecule has 0 aliphatic carbocycles. The summed E-state index contributed by atoms with van der Waals surface area (Å²) >= 11 is 8.91. The first kappa shape index (κ1) is 29.6. The molecule has 2 aromatic heterocycles. The van der Waals surface area contributed by atoms with Gasteiger partial charge in [0.15, 0.2) is 4.34 Å². The molecule has 0 spiro atoms. The summed E-state index contributed by atoms with van der Waals surface area (Å²) in [6, 6.07) is 24.8. The SMILES string of the molecule is Cc1cccc(COc2ccc(/C(O)=C3\C(=O)C(=O)N(c4nnc(SCc5ccccc5Cl)s4)C3c3cccnc3)cc2)c1. The Morgan fingerprint density at radius 2 is 1.84 bits per heavy atom. The van der Waals surface area contributed by atoms with Crippen LogP contribution in [0.2, 0.25) is 5.02 Å². The van der Waals surface area contributed by atoms with Crippen LogP contribution in [0.5, 0.6) is 5.75 Å². The Morgan fingerprint density at radius 1 is 1.02 bits per heavy atom. The molecule has 1 saturated heterocycles. The fourth-order valence-corrected chi connectivity index (χ4v) is 6.98. The summed E-state index contributed by atoms with van der Waals surface area (Å²) in [5, 5.41) is 20.8. The molecule has 11 heteroatoms. The zero-order valence-corrected chi connectivity index (χ0v) is 25.8. The van der Waals surface area contributed by atoms with Crippen molar-refractivity contribution in [2.24, 2.45) is 0 Å². The second-order valence-electron chi connectivity index (χ2n) is 9.99. The molecule has 1 amide bonds. The zero-order valence-electron chi connectivity index (χ0n) is 23.4. The predicted molar refractivity (Wildman–Crippen MR) is 172 cm³/mol. The van der Waals surface area contributed by atoms with E-state index in [0.717, 1.165) is 16.7 Å². The number of hydrogen-bond acceptors (Lipinski definition) is 9. The number of aliphatic hydroxyl groups is 1. The fourth-order valence-electron chi connectivity index (χ4n) is 4.83. The standard InChI is InChI=1S/C33H25ClN4O4S2/c1-20-6-4-7-21(16-20)18-42-25-13-11-22(12-14-25)29(39)27-28(23-9-5-15-35-17-23)38(31(41)30(27)40)32-36-37-33(44-32)43-19-24-8-2-3-10-26(24)34/h2-17,28,39H,18-19H2,1H3/b29-27+. The molecular weight excluding hydrogens is 616 g/mol. The number of pyridine rings is 1. The third-order valence-electron chi connectivity index (χ3n) is 6.97. The summed E-state index contributed by atoms with van der Waals surface area (Å²) < 4.78 is 6.51. The minimum atomic E-state index is -0.949. The number of ketones is 1. The van der Waals surface area contributed by atoms with Gasteiger partial charge in [-0.25, -0.2) is 0 Å². The Balaban J connectivity index is 1.28. The van der Waals surface area contributed by atoms with Gasteiger partial charge in [0.25, 0.3) is 5.78 Å². The van der Waals surface area contributed by atoms with E-state index in [1.807, 2.05) is 49.4 Å². The number of benzene rings is 3. The molecule has 3 aromatic carbocycles. The number of ether oxygens (including phenoxy) is 1. The van der Waals surface area contributed by atoms with E-state index in [1.54, 1.807) is 48.8 Å². The van der Waals surface area contributed by atoms with Gasteiger partial charge in [-0.3, -0.25) is 19.5 Å². The minimum Gasteiger partial charge on any atom is -0.507 e. The molecule has 0 bridgehead atoms. The summed E-state index contributed by atoms with van der Waals surface area (Å²) in [7, 11) is 0. The number of nitrogens with zero attached hydrogens (tertiary/aromatic N) is 4. The molecule has 1 aliphatic rings. The van der Waals surface area contributed by atoms with E-state index in [9.17, 15) is 14.7 Å². The Kier molecular flexibility index (Phi) is 8.74. The number of Topliss-reactive ketones (excluding diaryl/α,β-unsaturated/α-hetero) is 1. The average molecular weight is 641 g/mol. The molecule has 1 aliphatic heterocycles. The number of aliphatic hydroxyl groups excluding tert-OH is 1. The molecule has 0 radical (unpaired) electrons. The molecule has 1 fully saturated rings. The van der Waals surface area contributed by atoms with Crippen LogP contribution < -0.4 is 9.64 Å². The van der Waals surface area contributed by atoms with Crippen molar-refractivity contribution in [3.8, 4) is 5.75 Å². The highest BCUT2D eigenvalue weighted by Crippen LogP contribution is 2.44. The number of thioether (sulfide) groups is 1. The van der Waals surface area contributed by atoms with E-state index in [0.29, 0.717) is 38.6 Å². The Morgan fingerprint density at radius 3 is 2.59 bits per heavy atom. The van der Waals surface area contributed by atoms with Gasteiger partial charge in [0, 0.05) is 28.7 Å². The first-order valence-electron chi connectivity index (χ1n) is 13.6. The van der Waals surface area contributed by atoms with Gasteiger partial charge in [-0.2, -0.15) is 0 Å². The monoisotopic (exact) mass is 640 g/mol. The summed E-state index contributed by atoms with van der Waals surface area (Å²) in [4.78, 5) is 32.4. The van der Waals surface area contributed by atoms with Crippen molar-refractivity contribution in [3.63, 3.8) is 0 Å². The number of aromatic nitrogens is 3. The number of halogens is 1. The summed E-state index contributed by atoms with van der Waals surface area (Å²) in [5.41, 5.74) is 3.98. The van der Waals surface area contributed by atoms with Crippen LogP contribution in [0.3, 0.4) is 0 Å². The van der Waals surface area contributed by atoms with E-state index in [1.165, 1.54) is 28.0 Å². The van der Waals surface area contributed by atoms with Crippen molar-refractivity contribution < 1.29 is 19.4 Å². The van der Waals surface area contributed by atoms with Crippen molar-refractivity contribution in [1.82, 2.24) is 15.2 Å². The number of hydrogen-bond donors (Lipinski definition) is 1. The topological polar surface area (TPSA) is 106 Å². The largest absolute Gasteiger partial charge is 0.507 e. The summed E-state index contributed by atoms with van der Waals surface area (Å²) in [6.45, 7) is 2.41. The number of aryl methyl sites for hydroxylation is 1. The molecule has 1 N–H and O–H groups in total. The molecule has 5 aromatic rings. The van der Waals surface area contributed by atoms with E-state index in [2.05, 4.69) is 21.2 Å². The minimum absolute atomic E-state index is 0.0584. The summed E-state index contributed by atoms with van der Waals surface area (Å²) in [5.74, 6) is -0.774. The molecular formula is C33H25ClN4O4S2. The molecule has 44 heavy (non-hydrogen) atoms. The quantitative estimate of drug-likeness (QED) is 0.0584. The fraction of sp³-hybridized carbons (Fsp3) is 0.121. The Labute approximate surface area is 267 Å². The highest BCUT2D eigenvalue weighted by Gasteiger charge is 2.48. The second-order valence-corrected chi connectivity index (χ2v) is 12.6. The van der Waals surface area contributed by atoms with Gasteiger partial charge in [0.05, 0.1) is 11.6 Å². The van der Waals surface area contributed by atoms with Crippen LogP contribution in [0.25, 0.3) is 5.76 Å². The lowest BCUT2D eigenvalue weighted by atomic mass is 9.96. The van der Waals surface area contributed by atoms with Crippen LogP contribution in [-0.4, -0.2) is 32.0 Å². The van der Waals surface area contributed by atoms with E-state index in [4.69, 9.17) is 16.3 Å². The van der Waals surface area contributed by atoms with Crippen molar-refractivity contribution in [1.29, 1.82) is 0 Å². The first-order chi connectivity index (χ1) is 21.4. The third kappa shape index (κ3) is 6.23. The normalized spacial score (nSPS) is 16.0. The maximum atomic E-state index is 13.5. The van der Waals surface area contributed by atoms with Gasteiger partial charge in [0.1, 0.15) is 18.1 Å². The van der Waals surface area contributed by atoms with Gasteiger partial charge < -0.3 is 9.84 Å². The molecule has 3 heterocycles. The number of anilines is 1. The number of carbonyl (C=O) groups is 2. The first-order valence-corrected chi connectivity index (χ1v) is 15.8. The zero-order chi connectivity index (χ0) is 30.6. The maximum Gasteiger partial charge on any atom is 0.301 e. The van der Waals surface area contributed by atoms with Crippen LogP contribution in [-0.2, 0) is 21.9 Å². The van der Waals surface area contributed by atoms with Crippen LogP contribution in [0, 0.1) is 6.92 Å². The van der Waals surface area contributed by atoms with Crippen molar-refractivity contribution in [3.05, 3.63) is 136 Å². The molecule has 0 saturated carbocycles. The van der Waals surface area contributed by atoms with Crippen molar-refractivity contribution in [2.75, 3.05) is 4.90 Å². The summed E-state index contributed by atoms with van der Waals surface area (Å²) in [6.07, 6.45) is 3.16. The van der Waals surface area contributed by atoms with Crippen LogP contribution >= 0.6 is 34.7 Å². The number of carbonyl (C=O) groups excluding carboxylic acids is 2. The van der Waals surface area contributed by atoms with Crippen molar-refractivity contribution in [2.45, 2.75) is 29.7 Å². The van der Waals surface area contributed by atoms with E-state index >= 15 is 0 Å². The average Bonchev–Trinajstić information content (AvgIpc) is 3.61. The van der Waals surface area contributed by atoms with Gasteiger partial charge in [-0.15, -0.1) is 10.2 Å². The lowest BCUT2D eigenvalue weighted by Gasteiger charge is -2.22. The van der Waals surface area contributed by atoms with Crippen LogP contribution in [0.1, 0.15) is 33.9 Å². The third-order valence-corrected chi connectivity index (χ3v) is 9.44. The number of rotatable bonds is 9. The molecule has 220 valence electrons. The predicted octanol–water partition coefficient (Wildman–Crippen LogP) is 7.39. The molecule has 1 atom stereocenters. The van der Waals surface area contributed by atoms with Crippen LogP contribution in [0.15, 0.2) is 107 Å². The molecule has 1 unspecified atom stereocenters. The lowest BCUT2D eigenvalue weighted by molar-refractivity contribution is -0.132. The van der Waals surface area contributed by atoms with E-state index < -0.39 is 17.7 Å². The second kappa shape index (κ2) is 13.0. The van der Waals surface area contributed by atoms with Gasteiger partial charge in [0.2, 0.25) is 5.13 Å². The smallest absolute Gasteiger partial charge is 0.301 e. The molecule has 6 rings (SSSR count). The highest BCUT2D eigenvalue weighted by atomic mass is 35.5. The molecule has 8 nitrogen and oxygen atoms in total. The van der Waals surface area contributed by atoms with Gasteiger partial charge in [-0.1, -0.05) is 88.8 Å². The highest BCUT2D eigenvalue weighted by molar-refractivity contribution is 8.00. The number of amides is 1. The van der Waals surface area contributed by atoms with Crippen LogP contribution in [0.4, 0.5) is 5.13 Å². The Bertz CT molecular complexity index is 1860. The lowest BCUT2D eigenvalue weighted by Crippen LogP contribution is -2.29. The van der Waals surface area contributed by atoms with E-state index in [-0.39, 0.29) is 16.5 Å².